The van der Waals surface area contributed by atoms with Crippen LogP contribution in [-0.4, -0.2) is 59.6 Å². The molecule has 1 rings (SSSR count). The predicted molar refractivity (Wildman–Crippen MR) is 56.4 cm³/mol. The van der Waals surface area contributed by atoms with Crippen LogP contribution in [0.1, 0.15) is 0 Å². The number of hydrogen-bond donors (Lipinski definition) is 3. The molecule has 1 fully saturated rings. The van der Waals surface area contributed by atoms with Gasteiger partial charge >= 0.3 is 0 Å². The molecule has 1 aliphatic heterocycles. The lowest BCUT2D eigenvalue weighted by Gasteiger charge is -2.19. The lowest BCUT2D eigenvalue weighted by atomic mass is 10.5. The molecule has 0 aromatic carbocycles. The van der Waals surface area contributed by atoms with Gasteiger partial charge in [-0.2, -0.15) is 0 Å². The van der Waals surface area contributed by atoms with Crippen molar-refractivity contribution < 1.29 is 14.2 Å². The Kier molecular flexibility index (Phi) is 6.07. The number of rotatable bonds is 3. The summed E-state index contributed by atoms with van der Waals surface area (Å²) in [5.41, 5.74) is 0. The molecule has 0 bridgehead atoms. The van der Waals surface area contributed by atoms with E-state index >= 15 is 0 Å². The molecule has 0 radical (unpaired) electrons. The van der Waals surface area contributed by atoms with Gasteiger partial charge in [0.1, 0.15) is 18.7 Å². The van der Waals surface area contributed by atoms with E-state index in [4.69, 9.17) is 14.2 Å². The molecule has 1 heterocycles. The summed E-state index contributed by atoms with van der Waals surface area (Å²) in [7, 11) is 5.02. The molecule has 3 N–H and O–H groups in total. The second kappa shape index (κ2) is 7.10. The molecule has 0 aromatic rings. The highest BCUT2D eigenvalue weighted by Gasteiger charge is 2.17. The minimum atomic E-state index is -0.0276. The molecule has 90 valence electrons. The Morgan fingerprint density at radius 2 is 0.933 bits per heavy atom. The first kappa shape index (κ1) is 12.8. The van der Waals surface area contributed by atoms with E-state index in [0.717, 1.165) is 0 Å². The Labute approximate surface area is 90.6 Å². The third-order valence-corrected chi connectivity index (χ3v) is 2.45. The summed E-state index contributed by atoms with van der Waals surface area (Å²) in [5, 5.41) is 9.69. The summed E-state index contributed by atoms with van der Waals surface area (Å²) in [4.78, 5) is 0. The van der Waals surface area contributed by atoms with Crippen LogP contribution in [0.5, 0.6) is 0 Å². The van der Waals surface area contributed by atoms with E-state index in [1.165, 1.54) is 0 Å². The minimum Gasteiger partial charge on any atom is -0.365 e. The van der Waals surface area contributed by atoms with E-state index in [9.17, 15) is 0 Å². The Bertz CT molecular complexity index is 130. The number of hydrogen-bond acceptors (Lipinski definition) is 6. The molecule has 6 nitrogen and oxygen atoms in total. The van der Waals surface area contributed by atoms with Gasteiger partial charge in [0, 0.05) is 41.0 Å². The summed E-state index contributed by atoms with van der Waals surface area (Å²) in [6, 6.07) is 0. The number of methoxy groups -OCH3 is 3. The predicted octanol–water partition coefficient (Wildman–Crippen LogP) is -1.31. The zero-order chi connectivity index (χ0) is 11.1. The summed E-state index contributed by atoms with van der Waals surface area (Å²) >= 11 is 0. The molecule has 0 saturated carbocycles. The lowest BCUT2D eigenvalue weighted by Crippen LogP contribution is -2.44. The van der Waals surface area contributed by atoms with E-state index in [0.29, 0.717) is 19.6 Å². The molecule has 0 spiro atoms. The Hall–Kier alpha value is -0.240. The molecule has 3 unspecified atom stereocenters. The molecule has 0 aromatic heterocycles. The van der Waals surface area contributed by atoms with Crippen LogP contribution in [-0.2, 0) is 14.2 Å². The Balaban J connectivity index is 2.47. The number of ether oxygens (including phenoxy) is 3. The van der Waals surface area contributed by atoms with Gasteiger partial charge in [-0.05, 0) is 0 Å². The van der Waals surface area contributed by atoms with Crippen molar-refractivity contribution in [1.82, 2.24) is 16.0 Å². The quantitative estimate of drug-likeness (QED) is 0.547. The maximum absolute atomic E-state index is 5.26. The molecule has 15 heavy (non-hydrogen) atoms. The van der Waals surface area contributed by atoms with Crippen LogP contribution < -0.4 is 16.0 Å². The van der Waals surface area contributed by atoms with Crippen molar-refractivity contribution in [2.45, 2.75) is 18.7 Å². The van der Waals surface area contributed by atoms with Crippen molar-refractivity contribution in [1.29, 1.82) is 0 Å². The first-order valence-electron chi connectivity index (χ1n) is 5.08. The monoisotopic (exact) mass is 219 g/mol. The molecule has 1 saturated heterocycles. The molecule has 3 atom stereocenters. The third kappa shape index (κ3) is 4.42. The van der Waals surface area contributed by atoms with Gasteiger partial charge in [0.15, 0.2) is 0 Å². The van der Waals surface area contributed by atoms with E-state index in [2.05, 4.69) is 16.0 Å². The van der Waals surface area contributed by atoms with Gasteiger partial charge in [0.2, 0.25) is 0 Å². The standard InChI is InChI=1S/C9H21N3O3/c1-13-7-4-11-9(15-3)6-12-8(14-2)5-10-7/h7-12H,4-6H2,1-3H3. The van der Waals surface area contributed by atoms with Crippen LogP contribution >= 0.6 is 0 Å². The topological polar surface area (TPSA) is 63.8 Å². The van der Waals surface area contributed by atoms with Crippen molar-refractivity contribution in [2.24, 2.45) is 0 Å². The maximum atomic E-state index is 5.26. The van der Waals surface area contributed by atoms with Crippen LogP contribution in [0.25, 0.3) is 0 Å². The maximum Gasteiger partial charge on any atom is 0.120 e. The van der Waals surface area contributed by atoms with E-state index in [1.807, 2.05) is 0 Å². The lowest BCUT2D eigenvalue weighted by molar-refractivity contribution is 0.0388. The van der Waals surface area contributed by atoms with Gasteiger partial charge in [-0.1, -0.05) is 0 Å². The summed E-state index contributed by atoms with van der Waals surface area (Å²) in [5.74, 6) is 0. The van der Waals surface area contributed by atoms with Gasteiger partial charge < -0.3 is 14.2 Å². The van der Waals surface area contributed by atoms with Crippen molar-refractivity contribution in [2.75, 3.05) is 41.0 Å². The fourth-order valence-corrected chi connectivity index (χ4v) is 1.43. The van der Waals surface area contributed by atoms with Crippen LogP contribution in [0.3, 0.4) is 0 Å². The van der Waals surface area contributed by atoms with Crippen LogP contribution in [0.4, 0.5) is 0 Å². The van der Waals surface area contributed by atoms with E-state index in [-0.39, 0.29) is 18.7 Å². The van der Waals surface area contributed by atoms with Crippen molar-refractivity contribution in [3.63, 3.8) is 0 Å². The average Bonchev–Trinajstić information content (AvgIpc) is 2.38. The van der Waals surface area contributed by atoms with Gasteiger partial charge in [-0.15, -0.1) is 0 Å². The van der Waals surface area contributed by atoms with Gasteiger partial charge in [-0.25, -0.2) is 0 Å². The Morgan fingerprint density at radius 3 is 1.13 bits per heavy atom. The fraction of sp³-hybridized carbons (Fsp3) is 1.00. The highest BCUT2D eigenvalue weighted by atomic mass is 16.5. The normalized spacial score (nSPS) is 34.2. The summed E-state index contributed by atoms with van der Waals surface area (Å²) < 4.78 is 15.8. The van der Waals surface area contributed by atoms with Gasteiger partial charge in [-0.3, -0.25) is 16.0 Å². The van der Waals surface area contributed by atoms with Crippen molar-refractivity contribution in [3.8, 4) is 0 Å². The fourth-order valence-electron chi connectivity index (χ4n) is 1.43. The Morgan fingerprint density at radius 1 is 0.667 bits per heavy atom. The highest BCUT2D eigenvalue weighted by molar-refractivity contribution is 4.71. The van der Waals surface area contributed by atoms with Gasteiger partial charge in [0.25, 0.3) is 0 Å². The largest absolute Gasteiger partial charge is 0.365 e. The minimum absolute atomic E-state index is 0.0276. The zero-order valence-electron chi connectivity index (χ0n) is 9.58. The first-order valence-corrected chi connectivity index (χ1v) is 5.08. The van der Waals surface area contributed by atoms with Crippen molar-refractivity contribution >= 4 is 0 Å². The molecule has 1 aliphatic rings. The van der Waals surface area contributed by atoms with Crippen LogP contribution in [0.2, 0.25) is 0 Å². The molecule has 6 heteroatoms. The van der Waals surface area contributed by atoms with E-state index in [1.54, 1.807) is 21.3 Å². The zero-order valence-corrected chi connectivity index (χ0v) is 9.58. The molecular weight excluding hydrogens is 198 g/mol. The SMILES string of the molecule is COC1CNC(OC)CNC(OC)CN1. The highest BCUT2D eigenvalue weighted by Crippen LogP contribution is 1.93. The van der Waals surface area contributed by atoms with E-state index < -0.39 is 0 Å². The van der Waals surface area contributed by atoms with Gasteiger partial charge in [0.05, 0.1) is 0 Å². The summed E-state index contributed by atoms with van der Waals surface area (Å²) in [6.45, 7) is 2.10. The summed E-state index contributed by atoms with van der Waals surface area (Å²) in [6.07, 6.45) is -0.0828. The third-order valence-electron chi connectivity index (χ3n) is 2.45. The number of nitrogens with one attached hydrogen (secondary N) is 3. The molecule has 0 aliphatic carbocycles. The smallest absolute Gasteiger partial charge is 0.120 e. The molecule has 0 amide bonds. The van der Waals surface area contributed by atoms with Crippen molar-refractivity contribution in [3.05, 3.63) is 0 Å². The first-order chi connectivity index (χ1) is 7.30. The van der Waals surface area contributed by atoms with Crippen LogP contribution in [0.15, 0.2) is 0 Å². The second-order valence-corrected chi connectivity index (χ2v) is 3.40. The second-order valence-electron chi connectivity index (χ2n) is 3.40. The average molecular weight is 219 g/mol. The van der Waals surface area contributed by atoms with Crippen LogP contribution in [0, 0.1) is 0 Å². The molecular formula is C9H21N3O3.